The number of carboxylic acid groups (broad SMARTS) is 1. The van der Waals surface area contributed by atoms with Crippen LogP contribution in [0.5, 0.6) is 0 Å². The highest BCUT2D eigenvalue weighted by molar-refractivity contribution is 9.10. The normalized spacial score (nSPS) is 10.8. The maximum atomic E-state index is 10.6. The largest absolute Gasteiger partial charge is 0.477 e. The summed E-state index contributed by atoms with van der Waals surface area (Å²) in [4.78, 5) is 11.0. The fourth-order valence-corrected chi connectivity index (χ4v) is 3.74. The van der Waals surface area contributed by atoms with Gasteiger partial charge in [-0.15, -0.1) is 22.7 Å². The zero-order valence-electron chi connectivity index (χ0n) is 5.70. The molecule has 1 N–H and O–H groups in total. The fraction of sp³-hybridized carbons (Fsp3) is 0. The van der Waals surface area contributed by atoms with Crippen molar-refractivity contribution in [1.29, 1.82) is 0 Å². The molecule has 2 rings (SSSR count). The Morgan fingerprint density at radius 2 is 2.33 bits per heavy atom. The number of hydrogen-bond acceptors (Lipinski definition) is 3. The molecule has 0 amide bonds. The average molecular weight is 263 g/mol. The van der Waals surface area contributed by atoms with Gasteiger partial charge in [0.1, 0.15) is 4.88 Å². The molecule has 12 heavy (non-hydrogen) atoms. The van der Waals surface area contributed by atoms with Crippen molar-refractivity contribution >= 4 is 54.0 Å². The van der Waals surface area contributed by atoms with Gasteiger partial charge in [-0.2, -0.15) is 0 Å². The van der Waals surface area contributed by atoms with E-state index < -0.39 is 5.97 Å². The van der Waals surface area contributed by atoms with Gasteiger partial charge >= 0.3 is 5.97 Å². The van der Waals surface area contributed by atoms with Crippen LogP contribution in [0.3, 0.4) is 0 Å². The summed E-state index contributed by atoms with van der Waals surface area (Å²) in [6.45, 7) is 0. The SMILES string of the molecule is O=C(O)c1cc2c(Br)csc2s1. The molecule has 0 unspecified atom stereocenters. The number of carbonyl (C=O) groups is 1. The molecular weight excluding hydrogens is 260 g/mol. The van der Waals surface area contributed by atoms with Crippen LogP contribution in [0.25, 0.3) is 9.40 Å². The van der Waals surface area contributed by atoms with Gasteiger partial charge in [-0.1, -0.05) is 0 Å². The first kappa shape index (κ1) is 8.22. The third kappa shape index (κ3) is 1.18. The van der Waals surface area contributed by atoms with Crippen LogP contribution in [0.4, 0.5) is 0 Å². The van der Waals surface area contributed by atoms with Gasteiger partial charge < -0.3 is 5.11 Å². The zero-order valence-corrected chi connectivity index (χ0v) is 8.92. The van der Waals surface area contributed by atoms with E-state index in [-0.39, 0.29) is 0 Å². The maximum Gasteiger partial charge on any atom is 0.345 e. The van der Waals surface area contributed by atoms with E-state index in [4.69, 9.17) is 5.11 Å². The van der Waals surface area contributed by atoms with Gasteiger partial charge in [-0.3, -0.25) is 0 Å². The Kier molecular flexibility index (Phi) is 1.94. The summed E-state index contributed by atoms with van der Waals surface area (Å²) in [7, 11) is 0. The Morgan fingerprint density at radius 3 is 2.92 bits per heavy atom. The van der Waals surface area contributed by atoms with E-state index in [0.29, 0.717) is 4.88 Å². The van der Waals surface area contributed by atoms with Crippen LogP contribution in [0, 0.1) is 0 Å². The molecule has 2 nitrogen and oxygen atoms in total. The molecule has 0 aliphatic rings. The minimum absolute atomic E-state index is 0.401. The van der Waals surface area contributed by atoms with Gasteiger partial charge in [0, 0.05) is 15.2 Å². The second-order valence-electron chi connectivity index (χ2n) is 2.20. The van der Waals surface area contributed by atoms with E-state index >= 15 is 0 Å². The average Bonchev–Trinajstić information content (AvgIpc) is 2.53. The molecule has 5 heteroatoms. The quantitative estimate of drug-likeness (QED) is 0.855. The molecule has 0 aliphatic heterocycles. The first-order valence-corrected chi connectivity index (χ1v) is 5.57. The Morgan fingerprint density at radius 1 is 1.58 bits per heavy atom. The lowest BCUT2D eigenvalue weighted by Crippen LogP contribution is -1.89. The standard InChI is InChI=1S/C7H3BrO2S2/c8-4-2-11-7-3(4)1-5(12-7)6(9)10/h1-2H,(H,9,10). The first-order valence-electron chi connectivity index (χ1n) is 3.08. The van der Waals surface area contributed by atoms with E-state index in [1.54, 1.807) is 17.4 Å². The lowest BCUT2D eigenvalue weighted by Gasteiger charge is -1.81. The number of hydrogen-bond donors (Lipinski definition) is 1. The second kappa shape index (κ2) is 2.83. The van der Waals surface area contributed by atoms with Crippen molar-refractivity contribution in [2.24, 2.45) is 0 Å². The summed E-state index contributed by atoms with van der Waals surface area (Å²) in [5.41, 5.74) is 0. The molecule has 2 aromatic rings. The topological polar surface area (TPSA) is 37.3 Å². The van der Waals surface area contributed by atoms with Crippen molar-refractivity contribution in [2.45, 2.75) is 0 Å². The van der Waals surface area contributed by atoms with Crippen LogP contribution < -0.4 is 0 Å². The highest BCUT2D eigenvalue weighted by Gasteiger charge is 2.11. The third-order valence-corrected chi connectivity index (χ3v) is 4.64. The number of carboxylic acids is 1. The lowest BCUT2D eigenvalue weighted by molar-refractivity contribution is 0.0702. The van der Waals surface area contributed by atoms with E-state index in [0.717, 1.165) is 13.9 Å². The van der Waals surface area contributed by atoms with E-state index in [1.807, 2.05) is 5.38 Å². The van der Waals surface area contributed by atoms with Gasteiger partial charge in [0.2, 0.25) is 0 Å². The number of thiophene rings is 2. The minimum Gasteiger partial charge on any atom is -0.477 e. The molecule has 0 atom stereocenters. The van der Waals surface area contributed by atoms with Gasteiger partial charge in [0.15, 0.2) is 0 Å². The lowest BCUT2D eigenvalue weighted by atomic mass is 10.4. The molecular formula is C7H3BrO2S2. The fourth-order valence-electron chi connectivity index (χ4n) is 0.902. The number of halogens is 1. The predicted octanol–water partition coefficient (Wildman–Crippen LogP) is 3.42. The maximum absolute atomic E-state index is 10.6. The summed E-state index contributed by atoms with van der Waals surface area (Å²) in [6.07, 6.45) is 0. The van der Waals surface area contributed by atoms with E-state index in [9.17, 15) is 4.79 Å². The summed E-state index contributed by atoms with van der Waals surface area (Å²) < 4.78 is 2.03. The van der Waals surface area contributed by atoms with Crippen molar-refractivity contribution in [3.05, 3.63) is 20.8 Å². The van der Waals surface area contributed by atoms with Crippen molar-refractivity contribution in [2.75, 3.05) is 0 Å². The van der Waals surface area contributed by atoms with Crippen molar-refractivity contribution in [1.82, 2.24) is 0 Å². The van der Waals surface area contributed by atoms with Crippen LogP contribution in [-0.2, 0) is 0 Å². The molecule has 0 fully saturated rings. The zero-order chi connectivity index (χ0) is 8.72. The first-order chi connectivity index (χ1) is 5.68. The van der Waals surface area contributed by atoms with Crippen molar-refractivity contribution < 1.29 is 9.90 Å². The van der Waals surface area contributed by atoms with Crippen LogP contribution in [0.1, 0.15) is 9.67 Å². The number of rotatable bonds is 1. The summed E-state index contributed by atoms with van der Waals surface area (Å²) in [5.74, 6) is -0.852. The Balaban J connectivity index is 2.70. The molecule has 0 saturated heterocycles. The second-order valence-corrected chi connectivity index (χ2v) is 5.25. The van der Waals surface area contributed by atoms with Crippen LogP contribution in [0.15, 0.2) is 15.9 Å². The van der Waals surface area contributed by atoms with Gasteiger partial charge in [0.05, 0.1) is 4.01 Å². The Bertz CT molecular complexity index is 443. The van der Waals surface area contributed by atoms with Gasteiger partial charge in [0.25, 0.3) is 0 Å². The minimum atomic E-state index is -0.852. The molecule has 0 saturated carbocycles. The highest BCUT2D eigenvalue weighted by atomic mass is 79.9. The molecule has 0 radical (unpaired) electrons. The van der Waals surface area contributed by atoms with Crippen LogP contribution >= 0.6 is 38.6 Å². The number of aromatic carboxylic acids is 1. The van der Waals surface area contributed by atoms with E-state index in [1.165, 1.54) is 11.3 Å². The molecule has 0 aromatic carbocycles. The smallest absolute Gasteiger partial charge is 0.345 e. The number of fused-ring (bicyclic) bond motifs is 1. The van der Waals surface area contributed by atoms with Crippen molar-refractivity contribution in [3.63, 3.8) is 0 Å². The monoisotopic (exact) mass is 262 g/mol. The van der Waals surface area contributed by atoms with Crippen LogP contribution in [-0.4, -0.2) is 11.1 Å². The van der Waals surface area contributed by atoms with Crippen molar-refractivity contribution in [3.8, 4) is 0 Å². The summed E-state index contributed by atoms with van der Waals surface area (Å²) in [5, 5.41) is 11.7. The highest BCUT2D eigenvalue weighted by Crippen LogP contribution is 2.36. The molecule has 62 valence electrons. The molecule has 0 aliphatic carbocycles. The molecule has 0 bridgehead atoms. The summed E-state index contributed by atoms with van der Waals surface area (Å²) in [6, 6.07) is 1.70. The molecule has 2 aromatic heterocycles. The van der Waals surface area contributed by atoms with E-state index in [2.05, 4.69) is 15.9 Å². The Hall–Kier alpha value is -0.390. The molecule has 2 heterocycles. The molecule has 0 spiro atoms. The summed E-state index contributed by atoms with van der Waals surface area (Å²) >= 11 is 6.23. The van der Waals surface area contributed by atoms with Crippen LogP contribution in [0.2, 0.25) is 0 Å². The predicted molar refractivity (Wildman–Crippen MR) is 54.4 cm³/mol. The third-order valence-electron chi connectivity index (χ3n) is 1.44. The Labute approximate surface area is 84.6 Å². The van der Waals surface area contributed by atoms with Gasteiger partial charge in [-0.05, 0) is 22.0 Å². The van der Waals surface area contributed by atoms with Gasteiger partial charge in [-0.25, -0.2) is 4.79 Å².